The number of para-hydroxylation sites is 1. The summed E-state index contributed by atoms with van der Waals surface area (Å²) in [6.07, 6.45) is -1.81. The first-order valence-corrected chi connectivity index (χ1v) is 8.86. The lowest BCUT2D eigenvalue weighted by Crippen LogP contribution is -2.42. The zero-order chi connectivity index (χ0) is 17.5. The fourth-order valence-electron chi connectivity index (χ4n) is 3.07. The Labute approximate surface area is 143 Å². The van der Waals surface area contributed by atoms with Crippen LogP contribution < -0.4 is 0 Å². The topological polar surface area (TPSA) is 20.5 Å². The van der Waals surface area contributed by atoms with Crippen LogP contribution in [0.15, 0.2) is 40.2 Å². The number of fused-ring (bicyclic) bond motifs is 1. The normalized spacial score (nSPS) is 14.6. The maximum absolute atomic E-state index is 13.3. The summed E-state index contributed by atoms with van der Waals surface area (Å²) >= 11 is 1.48. The third kappa shape index (κ3) is 2.70. The van der Waals surface area contributed by atoms with Crippen LogP contribution in [0.1, 0.15) is 25.1 Å². The number of amidine groups is 1. The molecule has 2 heterocycles. The van der Waals surface area contributed by atoms with Gasteiger partial charge in [0.05, 0.1) is 6.54 Å². The Morgan fingerprint density at radius 3 is 2.42 bits per heavy atom. The maximum Gasteiger partial charge on any atom is 0.486 e. The minimum atomic E-state index is -4.43. The number of nitrogens with zero attached hydrogens (tertiary/aromatic N) is 3. The van der Waals surface area contributed by atoms with Crippen LogP contribution in [0, 0.1) is 0 Å². The molecule has 24 heavy (non-hydrogen) atoms. The zero-order valence-electron chi connectivity index (χ0n) is 13.7. The second-order valence-corrected chi connectivity index (χ2v) is 6.34. The first-order valence-electron chi connectivity index (χ1n) is 7.64. The lowest BCUT2D eigenvalue weighted by Gasteiger charge is -2.29. The van der Waals surface area contributed by atoms with Crippen molar-refractivity contribution in [1.29, 1.82) is 0 Å². The summed E-state index contributed by atoms with van der Waals surface area (Å²) in [6, 6.07) is 9.65. The van der Waals surface area contributed by atoms with E-state index in [1.54, 1.807) is 0 Å². The molecule has 0 radical (unpaired) electrons. The van der Waals surface area contributed by atoms with E-state index in [2.05, 4.69) is 4.99 Å². The molecule has 0 spiro atoms. The fraction of sp³-hybridized carbons (Fsp3) is 0.353. The molecule has 0 fully saturated rings. The van der Waals surface area contributed by atoms with Gasteiger partial charge in [-0.2, -0.15) is 13.2 Å². The number of alkyl halides is 3. The molecule has 1 aromatic carbocycles. The van der Waals surface area contributed by atoms with Crippen LogP contribution in [0.3, 0.4) is 0 Å². The molecule has 0 bridgehead atoms. The van der Waals surface area contributed by atoms with E-state index in [9.17, 15) is 13.2 Å². The average molecular weight is 353 g/mol. The predicted molar refractivity (Wildman–Crippen MR) is 91.3 cm³/mol. The minimum Gasteiger partial charge on any atom is -0.297 e. The highest BCUT2D eigenvalue weighted by molar-refractivity contribution is 7.98. The largest absolute Gasteiger partial charge is 0.486 e. The summed E-state index contributed by atoms with van der Waals surface area (Å²) in [4.78, 5) is 5.62. The molecule has 3 rings (SSSR count). The zero-order valence-corrected chi connectivity index (χ0v) is 14.5. The van der Waals surface area contributed by atoms with Gasteiger partial charge in [-0.25, -0.2) is 4.99 Å². The van der Waals surface area contributed by atoms with E-state index in [4.69, 9.17) is 0 Å². The van der Waals surface area contributed by atoms with Crippen LogP contribution in [0.5, 0.6) is 0 Å². The molecule has 0 amide bonds. The number of aliphatic imine (C=N–C) groups is 1. The highest BCUT2D eigenvalue weighted by Crippen LogP contribution is 2.43. The van der Waals surface area contributed by atoms with Crippen molar-refractivity contribution in [2.45, 2.75) is 38.0 Å². The Hall–Kier alpha value is -1.89. The maximum atomic E-state index is 13.3. The summed E-state index contributed by atoms with van der Waals surface area (Å²) in [7, 11) is 0. The number of benzene rings is 1. The molecule has 0 atom stereocenters. The standard InChI is InChI=1S/C17H18F3N3S/c1-4-14-15(24-3)13-10-22(17(18,19)20)11(2)21-16(13)23(14)12-8-6-5-7-9-12/h5-9H,4,10H2,1-3H3. The van der Waals surface area contributed by atoms with Crippen molar-refractivity contribution in [1.82, 2.24) is 9.47 Å². The number of aromatic nitrogens is 1. The minimum absolute atomic E-state index is 0.0278. The fourth-order valence-corrected chi connectivity index (χ4v) is 3.95. The van der Waals surface area contributed by atoms with E-state index in [0.29, 0.717) is 16.3 Å². The second-order valence-electron chi connectivity index (χ2n) is 5.52. The van der Waals surface area contributed by atoms with Gasteiger partial charge >= 0.3 is 6.30 Å². The highest BCUT2D eigenvalue weighted by Gasteiger charge is 2.42. The molecule has 1 aliphatic rings. The SMILES string of the molecule is CCc1c(SC)c2c(n1-c1ccccc1)N=C(C)N(C(F)(F)F)C2. The van der Waals surface area contributed by atoms with Gasteiger partial charge in [-0.1, -0.05) is 25.1 Å². The van der Waals surface area contributed by atoms with Crippen molar-refractivity contribution in [3.05, 3.63) is 41.6 Å². The van der Waals surface area contributed by atoms with Gasteiger partial charge in [-0.3, -0.25) is 9.47 Å². The van der Waals surface area contributed by atoms with E-state index >= 15 is 0 Å². The van der Waals surface area contributed by atoms with Crippen LogP contribution in [-0.2, 0) is 13.0 Å². The van der Waals surface area contributed by atoms with Gasteiger partial charge in [0.2, 0.25) is 0 Å². The van der Waals surface area contributed by atoms with Gasteiger partial charge in [0.25, 0.3) is 0 Å². The van der Waals surface area contributed by atoms with E-state index in [1.165, 1.54) is 18.7 Å². The van der Waals surface area contributed by atoms with Gasteiger partial charge in [0, 0.05) is 21.8 Å². The quantitative estimate of drug-likeness (QED) is 0.562. The number of hydrogen-bond acceptors (Lipinski definition) is 3. The Bertz CT molecular complexity index is 779. The van der Waals surface area contributed by atoms with Crippen molar-refractivity contribution in [2.24, 2.45) is 4.99 Å². The number of halogens is 3. The number of rotatable bonds is 3. The molecule has 2 aromatic rings. The number of hydrogen-bond donors (Lipinski definition) is 0. The Balaban J connectivity index is 2.25. The van der Waals surface area contributed by atoms with E-state index < -0.39 is 6.30 Å². The van der Waals surface area contributed by atoms with Gasteiger partial charge in [0.15, 0.2) is 0 Å². The number of thioether (sulfide) groups is 1. The van der Waals surface area contributed by atoms with Crippen LogP contribution >= 0.6 is 11.8 Å². The van der Waals surface area contributed by atoms with Gasteiger partial charge in [-0.15, -0.1) is 11.8 Å². The molecular formula is C17H18F3N3S. The van der Waals surface area contributed by atoms with Crippen molar-refractivity contribution in [3.8, 4) is 5.69 Å². The Morgan fingerprint density at radius 1 is 1.21 bits per heavy atom. The first kappa shape index (κ1) is 17.0. The molecule has 128 valence electrons. The van der Waals surface area contributed by atoms with Gasteiger partial charge < -0.3 is 0 Å². The third-order valence-corrected chi connectivity index (χ3v) is 5.01. The summed E-state index contributed by atoms with van der Waals surface area (Å²) in [5.74, 6) is 0.584. The molecule has 0 unspecified atom stereocenters. The second kappa shape index (κ2) is 6.20. The highest BCUT2D eigenvalue weighted by atomic mass is 32.2. The lowest BCUT2D eigenvalue weighted by molar-refractivity contribution is -0.221. The lowest BCUT2D eigenvalue weighted by atomic mass is 10.2. The monoisotopic (exact) mass is 353 g/mol. The Kier molecular flexibility index (Phi) is 4.38. The average Bonchev–Trinajstić information content (AvgIpc) is 2.86. The van der Waals surface area contributed by atoms with Crippen molar-refractivity contribution in [3.63, 3.8) is 0 Å². The van der Waals surface area contributed by atoms with Crippen molar-refractivity contribution < 1.29 is 13.2 Å². The molecule has 0 saturated carbocycles. The molecule has 7 heteroatoms. The summed E-state index contributed by atoms with van der Waals surface area (Å²) in [5.41, 5.74) is 2.56. The van der Waals surface area contributed by atoms with Crippen molar-refractivity contribution in [2.75, 3.05) is 6.26 Å². The Morgan fingerprint density at radius 2 is 1.88 bits per heavy atom. The third-order valence-electron chi connectivity index (χ3n) is 4.12. The summed E-state index contributed by atoms with van der Waals surface area (Å²) in [5, 5.41) is 0. The van der Waals surface area contributed by atoms with Crippen LogP contribution in [-0.4, -0.2) is 27.9 Å². The van der Waals surface area contributed by atoms with Gasteiger partial charge in [0.1, 0.15) is 11.7 Å². The van der Waals surface area contributed by atoms with Crippen molar-refractivity contribution >= 4 is 23.4 Å². The summed E-state index contributed by atoms with van der Waals surface area (Å²) < 4.78 is 41.8. The summed E-state index contributed by atoms with van der Waals surface area (Å²) in [6.45, 7) is 3.22. The first-order chi connectivity index (χ1) is 11.4. The molecule has 0 saturated heterocycles. The van der Waals surface area contributed by atoms with E-state index in [0.717, 1.165) is 22.7 Å². The molecular weight excluding hydrogens is 335 g/mol. The molecule has 1 aromatic heterocycles. The van der Waals surface area contributed by atoms with E-state index in [-0.39, 0.29) is 12.4 Å². The van der Waals surface area contributed by atoms with Crippen LogP contribution in [0.4, 0.5) is 19.0 Å². The smallest absolute Gasteiger partial charge is 0.297 e. The predicted octanol–water partition coefficient (Wildman–Crippen LogP) is 5.15. The molecule has 1 aliphatic heterocycles. The molecule has 3 nitrogen and oxygen atoms in total. The van der Waals surface area contributed by atoms with Crippen LogP contribution in [0.2, 0.25) is 0 Å². The van der Waals surface area contributed by atoms with Crippen LogP contribution in [0.25, 0.3) is 5.69 Å². The van der Waals surface area contributed by atoms with Gasteiger partial charge in [-0.05, 0) is 31.7 Å². The molecule has 0 N–H and O–H groups in total. The van der Waals surface area contributed by atoms with E-state index in [1.807, 2.05) is 48.1 Å². The molecule has 0 aliphatic carbocycles.